The number of hydrogen-bond donors (Lipinski definition) is 3. The third kappa shape index (κ3) is 4.44. The normalized spacial score (nSPS) is 14.7. The molecular formula is C7H13NO5. The molecule has 0 aromatic carbocycles. The van der Waals surface area contributed by atoms with E-state index in [4.69, 9.17) is 10.2 Å². The van der Waals surface area contributed by atoms with Gasteiger partial charge in [0.1, 0.15) is 6.61 Å². The summed E-state index contributed by atoms with van der Waals surface area (Å²) in [6, 6.07) is -1.29. The topological polar surface area (TPSA) is 95.9 Å². The van der Waals surface area contributed by atoms with Crippen LogP contribution in [0.2, 0.25) is 0 Å². The van der Waals surface area contributed by atoms with Crippen LogP contribution in [0.1, 0.15) is 6.92 Å². The average molecular weight is 191 g/mol. The second-order valence-corrected chi connectivity index (χ2v) is 2.56. The fourth-order valence-corrected chi connectivity index (χ4v) is 0.735. The number of amides is 1. The van der Waals surface area contributed by atoms with Crippen molar-refractivity contribution in [2.24, 2.45) is 0 Å². The minimum atomic E-state index is -1.29. The lowest BCUT2D eigenvalue weighted by molar-refractivity contribution is -0.145. The Labute approximate surface area is 75.5 Å². The van der Waals surface area contributed by atoms with Crippen LogP contribution >= 0.6 is 0 Å². The number of aliphatic hydroxyl groups excluding tert-OH is 1. The van der Waals surface area contributed by atoms with Crippen LogP contribution in [0.25, 0.3) is 0 Å². The summed E-state index contributed by atoms with van der Waals surface area (Å²) in [6.45, 7) is 1.06. The number of ether oxygens (including phenoxy) is 1. The Morgan fingerprint density at radius 2 is 2.08 bits per heavy atom. The smallest absolute Gasteiger partial charge is 0.328 e. The molecule has 0 rings (SSSR count). The zero-order chi connectivity index (χ0) is 10.4. The zero-order valence-electron chi connectivity index (χ0n) is 7.48. The Bertz CT molecular complexity index is 191. The summed E-state index contributed by atoms with van der Waals surface area (Å²) in [7, 11) is 1.32. The lowest BCUT2D eigenvalue weighted by atomic mass is 10.2. The first-order chi connectivity index (χ1) is 5.99. The van der Waals surface area contributed by atoms with Gasteiger partial charge in [0.25, 0.3) is 0 Å². The molecule has 0 bridgehead atoms. The monoisotopic (exact) mass is 191 g/mol. The third-order valence-corrected chi connectivity index (χ3v) is 1.34. The number of nitrogens with one attached hydrogen (secondary N) is 1. The van der Waals surface area contributed by atoms with Gasteiger partial charge in [0.15, 0.2) is 6.04 Å². The summed E-state index contributed by atoms with van der Waals surface area (Å²) >= 11 is 0. The van der Waals surface area contributed by atoms with E-state index in [1.807, 2.05) is 0 Å². The van der Waals surface area contributed by atoms with Crippen molar-refractivity contribution < 1.29 is 24.5 Å². The fraction of sp³-hybridized carbons (Fsp3) is 0.714. The summed E-state index contributed by atoms with van der Waals surface area (Å²) in [5, 5.41) is 19.6. The van der Waals surface area contributed by atoms with E-state index < -0.39 is 24.0 Å². The molecule has 0 saturated heterocycles. The maximum atomic E-state index is 10.9. The van der Waals surface area contributed by atoms with Crippen molar-refractivity contribution in [3.63, 3.8) is 0 Å². The Kier molecular flexibility index (Phi) is 5.01. The first-order valence-electron chi connectivity index (χ1n) is 3.68. The largest absolute Gasteiger partial charge is 0.480 e. The van der Waals surface area contributed by atoms with Crippen LogP contribution < -0.4 is 5.32 Å². The molecule has 1 amide bonds. The van der Waals surface area contributed by atoms with Crippen LogP contribution in [0.4, 0.5) is 0 Å². The van der Waals surface area contributed by atoms with E-state index >= 15 is 0 Å². The molecule has 0 heterocycles. The van der Waals surface area contributed by atoms with Crippen molar-refractivity contribution >= 4 is 11.9 Å². The first kappa shape index (κ1) is 11.9. The maximum Gasteiger partial charge on any atom is 0.328 e. The van der Waals surface area contributed by atoms with Crippen molar-refractivity contribution in [3.05, 3.63) is 0 Å². The van der Waals surface area contributed by atoms with Gasteiger partial charge >= 0.3 is 5.97 Å². The van der Waals surface area contributed by atoms with Crippen molar-refractivity contribution in [2.45, 2.75) is 19.1 Å². The van der Waals surface area contributed by atoms with Crippen LogP contribution in [0.15, 0.2) is 0 Å². The predicted molar refractivity (Wildman–Crippen MR) is 43.1 cm³/mol. The van der Waals surface area contributed by atoms with E-state index in [-0.39, 0.29) is 6.61 Å². The molecule has 0 radical (unpaired) electrons. The summed E-state index contributed by atoms with van der Waals surface area (Å²) < 4.78 is 4.48. The molecule has 2 atom stereocenters. The highest BCUT2D eigenvalue weighted by Crippen LogP contribution is 1.92. The lowest BCUT2D eigenvalue weighted by Crippen LogP contribution is -2.48. The maximum absolute atomic E-state index is 10.9. The SMILES string of the molecule is COCC(=O)NC(C(=O)O)C(C)O. The molecule has 0 aromatic rings. The standard InChI is InChI=1S/C7H13NO5/c1-4(9)6(7(11)12)8-5(10)3-13-2/h4,6,9H,3H2,1-2H3,(H,8,10)(H,11,12). The molecule has 6 heteroatoms. The van der Waals surface area contributed by atoms with Gasteiger partial charge in [0.05, 0.1) is 6.10 Å². The molecule has 3 N–H and O–H groups in total. The van der Waals surface area contributed by atoms with E-state index in [1.54, 1.807) is 0 Å². The van der Waals surface area contributed by atoms with E-state index in [9.17, 15) is 9.59 Å². The Hall–Kier alpha value is -1.14. The molecular weight excluding hydrogens is 178 g/mol. The van der Waals surface area contributed by atoms with Crippen LogP contribution in [0, 0.1) is 0 Å². The zero-order valence-corrected chi connectivity index (χ0v) is 7.48. The average Bonchev–Trinajstić information content (AvgIpc) is 1.99. The second-order valence-electron chi connectivity index (χ2n) is 2.56. The predicted octanol–water partition coefficient (Wildman–Crippen LogP) is -1.42. The van der Waals surface area contributed by atoms with Crippen molar-refractivity contribution in [2.75, 3.05) is 13.7 Å². The highest BCUT2D eigenvalue weighted by atomic mass is 16.5. The van der Waals surface area contributed by atoms with Gasteiger partial charge in [-0.2, -0.15) is 0 Å². The molecule has 2 unspecified atom stereocenters. The minimum absolute atomic E-state index is 0.226. The molecule has 0 spiro atoms. The summed E-state index contributed by atoms with van der Waals surface area (Å²) in [6.07, 6.45) is -1.14. The van der Waals surface area contributed by atoms with Gasteiger partial charge in [0.2, 0.25) is 5.91 Å². The van der Waals surface area contributed by atoms with E-state index in [0.29, 0.717) is 0 Å². The number of carboxylic acids is 1. The summed E-state index contributed by atoms with van der Waals surface area (Å²) in [5.41, 5.74) is 0. The lowest BCUT2D eigenvalue weighted by Gasteiger charge is -2.16. The van der Waals surface area contributed by atoms with E-state index in [1.165, 1.54) is 14.0 Å². The van der Waals surface area contributed by atoms with E-state index in [0.717, 1.165) is 0 Å². The second kappa shape index (κ2) is 5.50. The van der Waals surface area contributed by atoms with Gasteiger partial charge in [-0.3, -0.25) is 4.79 Å². The van der Waals surface area contributed by atoms with Gasteiger partial charge in [-0.1, -0.05) is 0 Å². The third-order valence-electron chi connectivity index (χ3n) is 1.34. The van der Waals surface area contributed by atoms with Crippen molar-refractivity contribution in [1.29, 1.82) is 0 Å². The molecule has 0 aliphatic rings. The molecule has 0 fully saturated rings. The fourth-order valence-electron chi connectivity index (χ4n) is 0.735. The minimum Gasteiger partial charge on any atom is -0.480 e. The molecule has 6 nitrogen and oxygen atoms in total. The van der Waals surface area contributed by atoms with Gasteiger partial charge in [-0.25, -0.2) is 4.79 Å². The van der Waals surface area contributed by atoms with Crippen LogP contribution in [0.3, 0.4) is 0 Å². The molecule has 0 aromatic heterocycles. The highest BCUT2D eigenvalue weighted by molar-refractivity contribution is 5.84. The molecule has 0 aliphatic carbocycles. The number of hydrogen-bond acceptors (Lipinski definition) is 4. The van der Waals surface area contributed by atoms with Crippen LogP contribution in [0.5, 0.6) is 0 Å². The molecule has 13 heavy (non-hydrogen) atoms. The van der Waals surface area contributed by atoms with Gasteiger partial charge in [-0.15, -0.1) is 0 Å². The van der Waals surface area contributed by atoms with Gasteiger partial charge in [0, 0.05) is 7.11 Å². The van der Waals surface area contributed by atoms with Crippen LogP contribution in [-0.4, -0.2) is 48.0 Å². The van der Waals surface area contributed by atoms with Crippen molar-refractivity contribution in [3.8, 4) is 0 Å². The van der Waals surface area contributed by atoms with E-state index in [2.05, 4.69) is 10.1 Å². The first-order valence-corrected chi connectivity index (χ1v) is 3.68. The van der Waals surface area contributed by atoms with Gasteiger partial charge in [-0.05, 0) is 6.92 Å². The number of carbonyl (C=O) groups is 2. The Morgan fingerprint density at radius 1 is 1.54 bits per heavy atom. The Morgan fingerprint density at radius 3 is 2.38 bits per heavy atom. The number of carboxylic acid groups (broad SMARTS) is 1. The van der Waals surface area contributed by atoms with Gasteiger partial charge < -0.3 is 20.3 Å². The number of carbonyl (C=O) groups excluding carboxylic acids is 1. The Balaban J connectivity index is 4.10. The quantitative estimate of drug-likeness (QED) is 0.495. The highest BCUT2D eigenvalue weighted by Gasteiger charge is 2.24. The summed E-state index contributed by atoms with van der Waals surface area (Å²) in [5.74, 6) is -1.85. The molecule has 0 saturated carbocycles. The number of rotatable bonds is 5. The number of methoxy groups -OCH3 is 1. The molecule has 0 aliphatic heterocycles. The van der Waals surface area contributed by atoms with Crippen molar-refractivity contribution in [1.82, 2.24) is 5.32 Å². The summed E-state index contributed by atoms with van der Waals surface area (Å²) in [4.78, 5) is 21.3. The number of aliphatic carboxylic acids is 1. The number of aliphatic hydroxyl groups is 1. The van der Waals surface area contributed by atoms with Crippen LogP contribution in [-0.2, 0) is 14.3 Å². The molecule has 76 valence electrons.